The molecule has 0 amide bonds. The van der Waals surface area contributed by atoms with Crippen molar-refractivity contribution in [1.29, 1.82) is 5.26 Å². The number of aliphatic hydroxyl groups excluding tert-OH is 1. The largest absolute Gasteiger partial charge is 0.510 e. The van der Waals surface area contributed by atoms with E-state index in [1.807, 2.05) is 54.1 Å². The van der Waals surface area contributed by atoms with Crippen molar-refractivity contribution in [3.8, 4) is 17.5 Å². The third kappa shape index (κ3) is 3.83. The van der Waals surface area contributed by atoms with Crippen LogP contribution in [0.25, 0.3) is 28.0 Å². The fraction of sp³-hybridized carbons (Fsp3) is 0.100. The Bertz CT molecular complexity index is 1220. The van der Waals surface area contributed by atoms with Gasteiger partial charge in [0.25, 0.3) is 0 Å². The van der Waals surface area contributed by atoms with E-state index in [-0.39, 0.29) is 17.1 Å². The van der Waals surface area contributed by atoms with Crippen molar-refractivity contribution < 1.29 is 5.11 Å². The number of aromatic nitrogens is 5. The minimum absolute atomic E-state index is 0.0763. The van der Waals surface area contributed by atoms with E-state index < -0.39 is 0 Å². The molecule has 4 rings (SSSR count). The van der Waals surface area contributed by atoms with Gasteiger partial charge in [0.1, 0.15) is 17.4 Å². The summed E-state index contributed by atoms with van der Waals surface area (Å²) in [7, 11) is 1.84. The second-order valence-electron chi connectivity index (χ2n) is 6.20. The Morgan fingerprint density at radius 3 is 2.69 bits per heavy atom. The topological polar surface area (TPSA) is 103 Å². The highest BCUT2D eigenvalue weighted by atomic mass is 35.5. The van der Waals surface area contributed by atoms with Crippen LogP contribution in [0, 0.1) is 11.3 Å². The molecule has 2 aromatic carbocycles. The molecule has 2 heterocycles. The summed E-state index contributed by atoms with van der Waals surface area (Å²) in [5.74, 6) is 1.11. The van der Waals surface area contributed by atoms with Crippen LogP contribution in [0.3, 0.4) is 0 Å². The molecule has 0 radical (unpaired) electrons. The smallest absolute Gasteiger partial charge is 0.191 e. The van der Waals surface area contributed by atoms with Crippen molar-refractivity contribution in [2.45, 2.75) is 5.16 Å². The van der Waals surface area contributed by atoms with E-state index in [2.05, 4.69) is 20.2 Å². The zero-order valence-electron chi connectivity index (χ0n) is 15.3. The number of benzene rings is 2. The van der Waals surface area contributed by atoms with Crippen LogP contribution in [0.2, 0.25) is 5.02 Å². The molecule has 4 aromatic rings. The Morgan fingerprint density at radius 1 is 1.21 bits per heavy atom. The highest BCUT2D eigenvalue weighted by molar-refractivity contribution is 7.99. The lowest BCUT2D eigenvalue weighted by atomic mass is 10.2. The number of para-hydroxylation sites is 2. The fourth-order valence-corrected chi connectivity index (χ4v) is 3.74. The number of allylic oxidation sites excluding steroid dienone is 1. The van der Waals surface area contributed by atoms with Crippen molar-refractivity contribution in [1.82, 2.24) is 24.7 Å². The summed E-state index contributed by atoms with van der Waals surface area (Å²) < 4.78 is 1.83. The zero-order valence-corrected chi connectivity index (χ0v) is 16.9. The van der Waals surface area contributed by atoms with Crippen LogP contribution >= 0.6 is 23.4 Å². The van der Waals surface area contributed by atoms with Crippen LogP contribution in [0.5, 0.6) is 0 Å². The lowest BCUT2D eigenvalue weighted by molar-refractivity contribution is 0.420. The molecule has 2 aromatic heterocycles. The van der Waals surface area contributed by atoms with Gasteiger partial charge in [0.05, 0.1) is 16.8 Å². The SMILES string of the molecule is Cn1c(SC/C(O)=C(/C#N)c2nc3ccccc3[nH]2)nnc1-c1ccc(Cl)cc1. The Hall–Kier alpha value is -3.28. The summed E-state index contributed by atoms with van der Waals surface area (Å²) in [5, 5.41) is 29.7. The van der Waals surface area contributed by atoms with Gasteiger partial charge in [-0.2, -0.15) is 5.26 Å². The Balaban J connectivity index is 1.56. The first-order chi connectivity index (χ1) is 14.1. The molecule has 0 unspecified atom stereocenters. The van der Waals surface area contributed by atoms with E-state index in [1.165, 1.54) is 11.8 Å². The summed E-state index contributed by atoms with van der Waals surface area (Å²) in [6.07, 6.45) is 0. The first kappa shape index (κ1) is 19.1. The number of nitrogens with one attached hydrogen (secondary N) is 1. The minimum Gasteiger partial charge on any atom is -0.510 e. The number of rotatable bonds is 5. The quantitative estimate of drug-likeness (QED) is 0.277. The number of aromatic amines is 1. The van der Waals surface area contributed by atoms with Crippen LogP contribution < -0.4 is 0 Å². The highest BCUT2D eigenvalue weighted by Crippen LogP contribution is 2.26. The van der Waals surface area contributed by atoms with Gasteiger partial charge in [-0.3, -0.25) is 0 Å². The van der Waals surface area contributed by atoms with Crippen LogP contribution in [-0.4, -0.2) is 35.6 Å². The second-order valence-corrected chi connectivity index (χ2v) is 7.58. The summed E-state index contributed by atoms with van der Waals surface area (Å²) in [5.41, 5.74) is 2.53. The van der Waals surface area contributed by atoms with E-state index in [0.717, 1.165) is 16.6 Å². The number of imidazole rings is 1. The van der Waals surface area contributed by atoms with E-state index in [1.54, 1.807) is 12.1 Å². The van der Waals surface area contributed by atoms with Crippen LogP contribution in [-0.2, 0) is 7.05 Å². The van der Waals surface area contributed by atoms with Crippen molar-refractivity contribution in [3.63, 3.8) is 0 Å². The number of halogens is 1. The van der Waals surface area contributed by atoms with Gasteiger partial charge in [-0.25, -0.2) is 4.98 Å². The molecular weight excluding hydrogens is 408 g/mol. The van der Waals surface area contributed by atoms with Crippen LogP contribution in [0.4, 0.5) is 0 Å². The number of H-pyrrole nitrogens is 1. The standard InChI is InChI=1S/C20H15ClN6OS/c1-27-19(12-6-8-13(21)9-7-12)25-26-20(27)29-11-17(28)14(10-22)18-23-15-4-2-3-5-16(15)24-18/h2-9,28H,11H2,1H3,(H,23,24)/b17-14+. The van der Waals surface area contributed by atoms with Crippen molar-refractivity contribution in [2.75, 3.05) is 5.75 Å². The van der Waals surface area contributed by atoms with E-state index in [9.17, 15) is 10.4 Å². The first-order valence-electron chi connectivity index (χ1n) is 8.62. The van der Waals surface area contributed by atoms with Gasteiger partial charge in [-0.05, 0) is 36.4 Å². The molecule has 144 valence electrons. The second kappa shape index (κ2) is 7.99. The lowest BCUT2D eigenvalue weighted by Crippen LogP contribution is -1.98. The molecule has 0 aliphatic rings. The minimum atomic E-state index is -0.0763. The molecule has 29 heavy (non-hydrogen) atoms. The average Bonchev–Trinajstić information content (AvgIpc) is 3.31. The summed E-state index contributed by atoms with van der Waals surface area (Å²) in [6.45, 7) is 0. The van der Waals surface area contributed by atoms with Crippen molar-refractivity contribution in [3.05, 3.63) is 65.1 Å². The molecule has 7 nitrogen and oxygen atoms in total. The van der Waals surface area contributed by atoms with E-state index >= 15 is 0 Å². The number of aliphatic hydroxyl groups is 1. The van der Waals surface area contributed by atoms with Crippen LogP contribution in [0.15, 0.2) is 59.4 Å². The molecule has 9 heteroatoms. The molecular formula is C20H15ClN6OS. The predicted molar refractivity (Wildman–Crippen MR) is 113 cm³/mol. The highest BCUT2D eigenvalue weighted by Gasteiger charge is 2.16. The van der Waals surface area contributed by atoms with E-state index in [0.29, 0.717) is 21.8 Å². The van der Waals surface area contributed by atoms with Crippen molar-refractivity contribution in [2.24, 2.45) is 7.05 Å². The fourth-order valence-electron chi connectivity index (χ4n) is 2.82. The molecule has 0 aliphatic heterocycles. The molecule has 0 aliphatic carbocycles. The maximum atomic E-state index is 10.5. The molecule has 0 bridgehead atoms. The number of hydrogen-bond donors (Lipinski definition) is 2. The van der Waals surface area contributed by atoms with Gasteiger partial charge < -0.3 is 14.7 Å². The molecule has 0 saturated heterocycles. The first-order valence-corrected chi connectivity index (χ1v) is 9.98. The summed E-state index contributed by atoms with van der Waals surface area (Å²) in [4.78, 5) is 7.44. The number of fused-ring (bicyclic) bond motifs is 1. The third-order valence-corrected chi connectivity index (χ3v) is 5.59. The van der Waals surface area contributed by atoms with Gasteiger partial charge in [-0.15, -0.1) is 10.2 Å². The van der Waals surface area contributed by atoms with Crippen molar-refractivity contribution >= 4 is 40.0 Å². The average molecular weight is 423 g/mol. The summed E-state index contributed by atoms with van der Waals surface area (Å²) in [6, 6.07) is 16.8. The summed E-state index contributed by atoms with van der Waals surface area (Å²) >= 11 is 7.22. The zero-order chi connectivity index (χ0) is 20.4. The Morgan fingerprint density at radius 2 is 1.97 bits per heavy atom. The third-order valence-electron chi connectivity index (χ3n) is 4.30. The molecule has 0 atom stereocenters. The lowest BCUT2D eigenvalue weighted by Gasteiger charge is -2.05. The van der Waals surface area contributed by atoms with Crippen LogP contribution in [0.1, 0.15) is 5.82 Å². The molecule has 0 saturated carbocycles. The van der Waals surface area contributed by atoms with Gasteiger partial charge in [0.15, 0.2) is 16.8 Å². The molecule has 0 spiro atoms. The predicted octanol–water partition coefficient (Wildman–Crippen LogP) is 4.60. The Kier molecular flexibility index (Phi) is 5.25. The maximum absolute atomic E-state index is 10.5. The van der Waals surface area contributed by atoms with Gasteiger partial charge in [0, 0.05) is 17.6 Å². The maximum Gasteiger partial charge on any atom is 0.191 e. The van der Waals surface area contributed by atoms with Gasteiger partial charge in [0.2, 0.25) is 0 Å². The van der Waals surface area contributed by atoms with E-state index in [4.69, 9.17) is 11.6 Å². The normalized spacial score (nSPS) is 12.0. The molecule has 0 fully saturated rings. The number of nitrogens with zero attached hydrogens (tertiary/aromatic N) is 5. The number of hydrogen-bond acceptors (Lipinski definition) is 6. The number of nitriles is 1. The van der Waals surface area contributed by atoms with Gasteiger partial charge in [-0.1, -0.05) is 35.5 Å². The number of thioether (sulfide) groups is 1. The monoisotopic (exact) mass is 422 g/mol. The Labute approximate surface area is 175 Å². The van der Waals surface area contributed by atoms with Gasteiger partial charge >= 0.3 is 0 Å². The molecule has 2 N–H and O–H groups in total.